The molecule has 2 aliphatic heterocycles. The van der Waals surface area contributed by atoms with Gasteiger partial charge in [0.15, 0.2) is 11.5 Å². The van der Waals surface area contributed by atoms with E-state index < -0.39 is 23.8 Å². The van der Waals surface area contributed by atoms with Crippen LogP contribution in [-0.4, -0.2) is 74.7 Å². The summed E-state index contributed by atoms with van der Waals surface area (Å²) in [5.41, 5.74) is 1.53. The molecule has 9 nitrogen and oxygen atoms in total. The number of carbonyl (C=O) groups excluding carboxylic acids is 1. The molecule has 2 amide bonds. The molecule has 2 aromatic carbocycles. The van der Waals surface area contributed by atoms with Crippen molar-refractivity contribution < 1.29 is 33.6 Å². The van der Waals surface area contributed by atoms with Gasteiger partial charge in [-0.15, -0.1) is 0 Å². The maximum absolute atomic E-state index is 13.4. The third-order valence-corrected chi connectivity index (χ3v) is 6.27. The summed E-state index contributed by atoms with van der Waals surface area (Å²) in [5, 5.41) is 10.3. The van der Waals surface area contributed by atoms with Crippen LogP contribution in [0, 0.1) is 5.92 Å². The second-order valence-corrected chi connectivity index (χ2v) is 8.15. The van der Waals surface area contributed by atoms with Crippen molar-refractivity contribution in [2.45, 2.75) is 12.0 Å². The van der Waals surface area contributed by atoms with Gasteiger partial charge in [-0.1, -0.05) is 18.2 Å². The molecule has 2 aliphatic rings. The maximum atomic E-state index is 13.4. The minimum atomic E-state index is -0.965. The van der Waals surface area contributed by atoms with Crippen molar-refractivity contribution in [3.8, 4) is 17.2 Å². The Morgan fingerprint density at radius 1 is 1.09 bits per heavy atom. The van der Waals surface area contributed by atoms with Crippen LogP contribution >= 0.6 is 0 Å². The number of nitrogens with zero attached hydrogens (tertiary/aromatic N) is 2. The molecule has 0 aliphatic carbocycles. The van der Waals surface area contributed by atoms with Gasteiger partial charge in [-0.2, -0.15) is 0 Å². The number of carboxylic acid groups (broad SMARTS) is 1. The molecular formula is C24H28N2O7. The molecule has 1 saturated heterocycles. The molecule has 176 valence electrons. The fourth-order valence-corrected chi connectivity index (χ4v) is 4.55. The van der Waals surface area contributed by atoms with Crippen molar-refractivity contribution in [2.24, 2.45) is 5.92 Å². The van der Waals surface area contributed by atoms with Crippen molar-refractivity contribution in [1.29, 1.82) is 0 Å². The Bertz CT molecular complexity index is 1010. The first-order chi connectivity index (χ1) is 15.9. The number of amides is 2. The van der Waals surface area contributed by atoms with E-state index in [0.29, 0.717) is 30.4 Å². The quantitative estimate of drug-likeness (QED) is 0.684. The SMILES string of the molecule is COCCN(C)C(=O)N1CC(c2ccc3c(c2)OCO3)C(C(=O)O)C1c1ccc(OC)cc1. The lowest BCUT2D eigenvalue weighted by Crippen LogP contribution is -2.43. The maximum Gasteiger partial charge on any atom is 0.320 e. The highest BCUT2D eigenvalue weighted by Crippen LogP contribution is 2.48. The number of methoxy groups -OCH3 is 2. The average Bonchev–Trinajstić information content (AvgIpc) is 3.46. The smallest absolute Gasteiger partial charge is 0.320 e. The third-order valence-electron chi connectivity index (χ3n) is 6.27. The highest BCUT2D eigenvalue weighted by molar-refractivity contribution is 5.80. The van der Waals surface area contributed by atoms with Crippen LogP contribution in [0.15, 0.2) is 42.5 Å². The van der Waals surface area contributed by atoms with E-state index in [-0.39, 0.29) is 19.4 Å². The van der Waals surface area contributed by atoms with Crippen LogP contribution in [0.4, 0.5) is 4.79 Å². The van der Waals surface area contributed by atoms with E-state index in [9.17, 15) is 14.7 Å². The number of hydrogen-bond donors (Lipinski definition) is 1. The lowest BCUT2D eigenvalue weighted by atomic mass is 9.83. The first kappa shape index (κ1) is 22.7. The van der Waals surface area contributed by atoms with Gasteiger partial charge in [0.25, 0.3) is 0 Å². The second-order valence-electron chi connectivity index (χ2n) is 8.15. The zero-order valence-electron chi connectivity index (χ0n) is 18.9. The summed E-state index contributed by atoms with van der Waals surface area (Å²) in [6.07, 6.45) is 0. The van der Waals surface area contributed by atoms with E-state index in [1.54, 1.807) is 49.3 Å². The van der Waals surface area contributed by atoms with Gasteiger partial charge < -0.3 is 33.9 Å². The first-order valence-corrected chi connectivity index (χ1v) is 10.7. The molecule has 2 aromatic rings. The van der Waals surface area contributed by atoms with Gasteiger partial charge in [-0.25, -0.2) is 4.79 Å². The molecule has 1 fully saturated rings. The van der Waals surface area contributed by atoms with E-state index in [1.165, 1.54) is 0 Å². The summed E-state index contributed by atoms with van der Waals surface area (Å²) in [4.78, 5) is 29.2. The van der Waals surface area contributed by atoms with Crippen LogP contribution in [0.2, 0.25) is 0 Å². The summed E-state index contributed by atoms with van der Waals surface area (Å²) < 4.78 is 21.3. The molecule has 2 heterocycles. The van der Waals surface area contributed by atoms with Crippen molar-refractivity contribution in [3.05, 3.63) is 53.6 Å². The van der Waals surface area contributed by atoms with Crippen molar-refractivity contribution in [3.63, 3.8) is 0 Å². The van der Waals surface area contributed by atoms with Gasteiger partial charge in [-0.3, -0.25) is 4.79 Å². The molecule has 4 rings (SSSR count). The molecule has 0 bridgehead atoms. The number of benzene rings is 2. The Morgan fingerprint density at radius 2 is 1.79 bits per heavy atom. The number of likely N-dealkylation sites (tertiary alicyclic amines) is 1. The molecule has 0 spiro atoms. The summed E-state index contributed by atoms with van der Waals surface area (Å²) in [6.45, 7) is 1.17. The van der Waals surface area contributed by atoms with Crippen LogP contribution in [0.5, 0.6) is 17.2 Å². The van der Waals surface area contributed by atoms with Crippen molar-refractivity contribution in [2.75, 3.05) is 47.8 Å². The Balaban J connectivity index is 1.74. The lowest BCUT2D eigenvalue weighted by molar-refractivity contribution is -0.143. The topological polar surface area (TPSA) is 97.8 Å². The highest BCUT2D eigenvalue weighted by atomic mass is 16.7. The standard InChI is InChI=1S/C24H28N2O7/c1-25(10-11-30-2)24(29)26-13-18(16-6-9-19-20(12-16)33-14-32-19)21(23(27)28)22(26)15-4-7-17(31-3)8-5-15/h4-9,12,18,21-22H,10-11,13-14H2,1-3H3,(H,27,28). The molecule has 3 atom stereocenters. The third kappa shape index (κ3) is 4.41. The van der Waals surface area contributed by atoms with Gasteiger partial charge in [0.1, 0.15) is 5.75 Å². The summed E-state index contributed by atoms with van der Waals surface area (Å²) in [5.74, 6) is -0.371. The lowest BCUT2D eigenvalue weighted by Gasteiger charge is -2.31. The average molecular weight is 456 g/mol. The fraction of sp³-hybridized carbons (Fsp3) is 0.417. The zero-order valence-corrected chi connectivity index (χ0v) is 18.9. The summed E-state index contributed by atoms with van der Waals surface area (Å²) >= 11 is 0. The number of rotatable bonds is 7. The number of aliphatic carboxylic acids is 1. The molecule has 9 heteroatoms. The van der Waals surface area contributed by atoms with Crippen LogP contribution in [-0.2, 0) is 9.53 Å². The van der Waals surface area contributed by atoms with Crippen LogP contribution < -0.4 is 14.2 Å². The number of ether oxygens (including phenoxy) is 4. The molecule has 3 unspecified atom stereocenters. The highest BCUT2D eigenvalue weighted by Gasteiger charge is 2.50. The summed E-state index contributed by atoms with van der Waals surface area (Å²) in [7, 11) is 4.83. The number of hydrogen-bond acceptors (Lipinski definition) is 6. The van der Waals surface area contributed by atoms with E-state index in [2.05, 4.69) is 0 Å². The van der Waals surface area contributed by atoms with Gasteiger partial charge in [0.2, 0.25) is 6.79 Å². The van der Waals surface area contributed by atoms with Gasteiger partial charge in [0.05, 0.1) is 25.7 Å². The normalized spacial score (nSPS) is 21.2. The number of likely N-dealkylation sites (N-methyl/N-ethyl adjacent to an activating group) is 1. The van der Waals surface area contributed by atoms with E-state index in [0.717, 1.165) is 11.1 Å². The molecular weight excluding hydrogens is 428 g/mol. The molecule has 0 aromatic heterocycles. The Morgan fingerprint density at radius 3 is 2.45 bits per heavy atom. The number of carbonyl (C=O) groups is 2. The molecule has 0 radical (unpaired) electrons. The molecule has 0 saturated carbocycles. The molecule has 1 N–H and O–H groups in total. The zero-order chi connectivity index (χ0) is 23.5. The summed E-state index contributed by atoms with van der Waals surface area (Å²) in [6, 6.07) is 11.7. The van der Waals surface area contributed by atoms with E-state index in [1.807, 2.05) is 24.3 Å². The van der Waals surface area contributed by atoms with Crippen LogP contribution in [0.3, 0.4) is 0 Å². The minimum Gasteiger partial charge on any atom is -0.497 e. The number of fused-ring (bicyclic) bond motifs is 1. The van der Waals surface area contributed by atoms with E-state index in [4.69, 9.17) is 18.9 Å². The number of urea groups is 1. The van der Waals surface area contributed by atoms with Crippen LogP contribution in [0.25, 0.3) is 0 Å². The fourth-order valence-electron chi connectivity index (χ4n) is 4.55. The largest absolute Gasteiger partial charge is 0.497 e. The van der Waals surface area contributed by atoms with Gasteiger partial charge >= 0.3 is 12.0 Å². The van der Waals surface area contributed by atoms with E-state index >= 15 is 0 Å². The predicted molar refractivity (Wildman–Crippen MR) is 119 cm³/mol. The van der Waals surface area contributed by atoms with Crippen molar-refractivity contribution in [1.82, 2.24) is 9.80 Å². The number of carboxylic acids is 1. The Kier molecular flexibility index (Phi) is 6.60. The van der Waals surface area contributed by atoms with Gasteiger partial charge in [0, 0.05) is 33.2 Å². The van der Waals surface area contributed by atoms with Crippen molar-refractivity contribution >= 4 is 12.0 Å². The monoisotopic (exact) mass is 456 g/mol. The molecule has 33 heavy (non-hydrogen) atoms. The second kappa shape index (κ2) is 9.58. The minimum absolute atomic E-state index is 0.134. The Labute approximate surface area is 192 Å². The first-order valence-electron chi connectivity index (χ1n) is 10.7. The van der Waals surface area contributed by atoms with Gasteiger partial charge in [-0.05, 0) is 35.4 Å². The Hall–Kier alpha value is -3.46. The predicted octanol–water partition coefficient (Wildman–Crippen LogP) is 2.96. The van der Waals surface area contributed by atoms with Crippen LogP contribution in [0.1, 0.15) is 23.1 Å².